The number of amides is 1. The number of thiophene rings is 1. The third-order valence-corrected chi connectivity index (χ3v) is 5.03. The fourth-order valence-electron chi connectivity index (χ4n) is 2.68. The number of hydrogen-bond donors (Lipinski definition) is 1. The molecule has 1 heterocycles. The van der Waals surface area contributed by atoms with Gasteiger partial charge in [0.05, 0.1) is 17.1 Å². The molecule has 1 aromatic carbocycles. The Morgan fingerprint density at radius 1 is 1.32 bits per heavy atom. The zero-order valence-electron chi connectivity index (χ0n) is 12.2. The molecule has 0 atom stereocenters. The van der Waals surface area contributed by atoms with E-state index in [1.807, 2.05) is 6.07 Å². The average molecular weight is 316 g/mol. The zero-order valence-corrected chi connectivity index (χ0v) is 13.0. The highest BCUT2D eigenvalue weighted by Gasteiger charge is 2.18. The molecule has 1 N–H and O–H groups in total. The van der Waals surface area contributed by atoms with Gasteiger partial charge in [-0.25, -0.2) is 4.39 Å². The Morgan fingerprint density at radius 3 is 2.91 bits per heavy atom. The van der Waals surface area contributed by atoms with Crippen LogP contribution in [-0.2, 0) is 19.4 Å². The van der Waals surface area contributed by atoms with E-state index in [-0.39, 0.29) is 11.6 Å². The molecule has 0 spiro atoms. The van der Waals surface area contributed by atoms with Crippen molar-refractivity contribution in [2.45, 2.75) is 32.2 Å². The molecule has 3 nitrogen and oxygen atoms in total. The number of benzene rings is 1. The lowest BCUT2D eigenvalue weighted by atomic mass is 9.99. The highest BCUT2D eigenvalue weighted by atomic mass is 32.1. The van der Waals surface area contributed by atoms with Crippen molar-refractivity contribution in [2.24, 2.45) is 4.99 Å². The summed E-state index contributed by atoms with van der Waals surface area (Å²) < 4.78 is 13.9. The van der Waals surface area contributed by atoms with Crippen LogP contribution in [0.1, 0.15) is 38.5 Å². The molecule has 1 amide bonds. The van der Waals surface area contributed by atoms with E-state index in [1.165, 1.54) is 40.7 Å². The second-order valence-electron chi connectivity index (χ2n) is 5.42. The van der Waals surface area contributed by atoms with Crippen molar-refractivity contribution in [1.29, 1.82) is 0 Å². The number of fused-ring (bicyclic) bond motifs is 1. The normalized spacial score (nSPS) is 13.5. The summed E-state index contributed by atoms with van der Waals surface area (Å²) in [6.45, 7) is 3.82. The van der Waals surface area contributed by atoms with Gasteiger partial charge in [-0.1, -0.05) is 6.07 Å². The number of halogens is 1. The molecule has 0 bridgehead atoms. The van der Waals surface area contributed by atoms with Gasteiger partial charge in [-0.05, 0) is 61.7 Å². The summed E-state index contributed by atoms with van der Waals surface area (Å²) in [4.78, 5) is 18.1. The summed E-state index contributed by atoms with van der Waals surface area (Å²) in [6.07, 6.45) is 4.44. The van der Waals surface area contributed by atoms with E-state index < -0.39 is 5.82 Å². The van der Waals surface area contributed by atoms with E-state index in [2.05, 4.69) is 17.0 Å². The topological polar surface area (TPSA) is 41.5 Å². The summed E-state index contributed by atoms with van der Waals surface area (Å²) in [5.41, 5.74) is 2.28. The van der Waals surface area contributed by atoms with Gasteiger partial charge >= 0.3 is 0 Å². The fourth-order valence-corrected chi connectivity index (χ4v) is 3.83. The minimum atomic E-state index is -0.442. The first kappa shape index (κ1) is 14.9. The van der Waals surface area contributed by atoms with Gasteiger partial charge in [-0.2, -0.15) is 0 Å². The summed E-state index contributed by atoms with van der Waals surface area (Å²) in [5.74, 6) is -0.690. The smallest absolute Gasteiger partial charge is 0.265 e. The van der Waals surface area contributed by atoms with Crippen LogP contribution in [0.5, 0.6) is 0 Å². The highest BCUT2D eigenvalue weighted by Crippen LogP contribution is 2.30. The van der Waals surface area contributed by atoms with Crippen molar-refractivity contribution in [2.75, 3.05) is 5.32 Å². The van der Waals surface area contributed by atoms with Crippen molar-refractivity contribution in [3.05, 3.63) is 51.0 Å². The van der Waals surface area contributed by atoms with Gasteiger partial charge in [0.25, 0.3) is 5.91 Å². The Labute approximate surface area is 132 Å². The minimum absolute atomic E-state index is 0.192. The molecule has 1 aliphatic rings. The van der Waals surface area contributed by atoms with Crippen LogP contribution in [0.2, 0.25) is 0 Å². The molecule has 114 valence electrons. The number of carbonyl (C=O) groups excluding carboxylic acids is 1. The van der Waals surface area contributed by atoms with Crippen LogP contribution in [0.4, 0.5) is 10.1 Å². The van der Waals surface area contributed by atoms with Gasteiger partial charge in [-0.15, -0.1) is 11.3 Å². The van der Waals surface area contributed by atoms with E-state index >= 15 is 0 Å². The van der Waals surface area contributed by atoms with Crippen LogP contribution in [0, 0.1) is 5.82 Å². The van der Waals surface area contributed by atoms with Crippen molar-refractivity contribution >= 4 is 29.6 Å². The van der Waals surface area contributed by atoms with Crippen molar-refractivity contribution in [1.82, 2.24) is 0 Å². The quantitative estimate of drug-likeness (QED) is 0.843. The van der Waals surface area contributed by atoms with Crippen LogP contribution >= 0.6 is 11.3 Å². The summed E-state index contributed by atoms with van der Waals surface area (Å²) in [5, 5.41) is 2.67. The molecule has 1 aromatic heterocycles. The van der Waals surface area contributed by atoms with Crippen LogP contribution in [0.25, 0.3) is 0 Å². The number of rotatable bonds is 4. The summed E-state index contributed by atoms with van der Waals surface area (Å²) in [7, 11) is 0. The van der Waals surface area contributed by atoms with Gasteiger partial charge in [0.2, 0.25) is 0 Å². The van der Waals surface area contributed by atoms with Crippen LogP contribution in [-0.4, -0.2) is 12.6 Å². The monoisotopic (exact) mass is 316 g/mol. The van der Waals surface area contributed by atoms with Crippen molar-refractivity contribution in [3.63, 3.8) is 0 Å². The first-order valence-electron chi connectivity index (χ1n) is 7.31. The van der Waals surface area contributed by atoms with E-state index in [9.17, 15) is 9.18 Å². The molecule has 0 fully saturated rings. The van der Waals surface area contributed by atoms with Gasteiger partial charge in [0.15, 0.2) is 0 Å². The number of carbonyl (C=O) groups is 1. The Bertz CT molecular complexity index is 700. The van der Waals surface area contributed by atoms with Crippen LogP contribution < -0.4 is 5.32 Å². The molecule has 1 aliphatic carbocycles. The lowest BCUT2D eigenvalue weighted by molar-refractivity contribution is 0.103. The molecule has 0 unspecified atom stereocenters. The predicted octanol–water partition coefficient (Wildman–Crippen LogP) is 4.22. The Morgan fingerprint density at radius 2 is 2.14 bits per heavy atom. The second kappa shape index (κ2) is 6.40. The van der Waals surface area contributed by atoms with Gasteiger partial charge < -0.3 is 5.32 Å². The van der Waals surface area contributed by atoms with E-state index in [4.69, 9.17) is 0 Å². The van der Waals surface area contributed by atoms with Gasteiger partial charge in [-0.3, -0.25) is 9.79 Å². The number of nitrogens with one attached hydrogen (secondary N) is 1. The predicted molar refractivity (Wildman–Crippen MR) is 88.6 cm³/mol. The van der Waals surface area contributed by atoms with E-state index in [1.54, 1.807) is 12.1 Å². The molecule has 0 radical (unpaired) electrons. The largest absolute Gasteiger partial charge is 0.319 e. The van der Waals surface area contributed by atoms with Crippen LogP contribution in [0.3, 0.4) is 0 Å². The van der Waals surface area contributed by atoms with Gasteiger partial charge in [0, 0.05) is 4.88 Å². The third kappa shape index (κ3) is 3.09. The number of nitrogens with zero attached hydrogens (tertiary/aromatic N) is 1. The standard InChI is InChI=1S/C17H17FN2OS/c1-19-10-11-6-7-13(18)14(8-11)20-17(21)16-9-12-4-2-3-5-15(12)22-16/h6-9H,1-5,10H2,(H,20,21). The maximum absolute atomic E-state index is 13.9. The molecule has 22 heavy (non-hydrogen) atoms. The second-order valence-corrected chi connectivity index (χ2v) is 6.55. The summed E-state index contributed by atoms with van der Waals surface area (Å²) >= 11 is 1.52. The highest BCUT2D eigenvalue weighted by molar-refractivity contribution is 7.14. The molecular formula is C17H17FN2OS. The van der Waals surface area contributed by atoms with E-state index in [0.29, 0.717) is 11.4 Å². The average Bonchev–Trinajstić information content (AvgIpc) is 2.95. The Kier molecular flexibility index (Phi) is 4.34. The molecule has 2 aromatic rings. The lowest BCUT2D eigenvalue weighted by Gasteiger charge is -2.08. The van der Waals surface area contributed by atoms with E-state index in [0.717, 1.165) is 18.4 Å². The van der Waals surface area contributed by atoms with Crippen molar-refractivity contribution in [3.8, 4) is 0 Å². The number of aliphatic imine (C=N–C) groups is 1. The lowest BCUT2D eigenvalue weighted by Crippen LogP contribution is -2.11. The first-order valence-corrected chi connectivity index (χ1v) is 8.13. The number of hydrogen-bond acceptors (Lipinski definition) is 3. The molecule has 0 saturated carbocycles. The minimum Gasteiger partial charge on any atom is -0.319 e. The Balaban J connectivity index is 1.80. The van der Waals surface area contributed by atoms with Crippen LogP contribution in [0.15, 0.2) is 29.3 Å². The molecular weight excluding hydrogens is 299 g/mol. The molecule has 0 saturated heterocycles. The number of aryl methyl sites for hydroxylation is 2. The third-order valence-electron chi connectivity index (χ3n) is 3.79. The maximum atomic E-state index is 13.9. The zero-order chi connectivity index (χ0) is 15.5. The number of anilines is 1. The molecule has 0 aliphatic heterocycles. The fraction of sp³-hybridized carbons (Fsp3) is 0.294. The Hall–Kier alpha value is -2.01. The maximum Gasteiger partial charge on any atom is 0.265 e. The van der Waals surface area contributed by atoms with Crippen molar-refractivity contribution < 1.29 is 9.18 Å². The molecule has 5 heteroatoms. The van der Waals surface area contributed by atoms with Gasteiger partial charge in [0.1, 0.15) is 5.82 Å². The summed E-state index contributed by atoms with van der Waals surface area (Å²) in [6, 6.07) is 6.54. The first-order chi connectivity index (χ1) is 10.7. The SMILES string of the molecule is C=NCc1ccc(F)c(NC(=O)c2cc3c(s2)CCCC3)c1. The molecule has 3 rings (SSSR count).